The normalized spacial score (nSPS) is 18.2. The van der Waals surface area contributed by atoms with Crippen molar-refractivity contribution in [3.05, 3.63) is 17.7 Å². The number of ether oxygens (including phenoxy) is 1. The Hall–Kier alpha value is -1.56. The fourth-order valence-corrected chi connectivity index (χ4v) is 2.84. The van der Waals surface area contributed by atoms with Gasteiger partial charge >= 0.3 is 6.03 Å². The van der Waals surface area contributed by atoms with Crippen LogP contribution in [0.4, 0.5) is 4.79 Å². The number of likely N-dealkylation sites (tertiary alicyclic amines) is 1. The molecule has 0 bridgehead atoms. The number of methoxy groups -OCH3 is 1. The lowest BCUT2D eigenvalue weighted by Crippen LogP contribution is -2.40. The molecular weight excluding hydrogens is 280 g/mol. The summed E-state index contributed by atoms with van der Waals surface area (Å²) in [6.07, 6.45) is 2.88. The summed E-state index contributed by atoms with van der Waals surface area (Å²) in [5.41, 5.74) is 1.15. The average Bonchev–Trinajstić information content (AvgIpc) is 3.09. The molecule has 0 spiro atoms. The van der Waals surface area contributed by atoms with E-state index in [4.69, 9.17) is 4.74 Å². The maximum Gasteiger partial charge on any atom is 0.317 e. The zero-order valence-electron chi connectivity index (χ0n) is 14.1. The van der Waals surface area contributed by atoms with E-state index in [1.807, 2.05) is 11.1 Å². The van der Waals surface area contributed by atoms with Crippen LogP contribution in [0.25, 0.3) is 0 Å². The highest BCUT2D eigenvalue weighted by Gasteiger charge is 2.30. The van der Waals surface area contributed by atoms with Crippen LogP contribution in [0.2, 0.25) is 0 Å². The van der Waals surface area contributed by atoms with Crippen LogP contribution in [-0.4, -0.2) is 53.8 Å². The number of imidazole rings is 1. The zero-order valence-corrected chi connectivity index (χ0v) is 14.1. The van der Waals surface area contributed by atoms with Gasteiger partial charge in [0.2, 0.25) is 0 Å². The second-order valence-corrected chi connectivity index (χ2v) is 6.41. The third kappa shape index (κ3) is 4.00. The van der Waals surface area contributed by atoms with Gasteiger partial charge in [0.15, 0.2) is 0 Å². The summed E-state index contributed by atoms with van der Waals surface area (Å²) in [7, 11) is 1.71. The summed E-state index contributed by atoms with van der Waals surface area (Å²) in [6.45, 7) is 10.0. The SMILES string of the molecule is COCCn1c(C)cnc1C1CCN(C(=O)NCC(C)C)C1. The molecule has 1 aliphatic heterocycles. The standard InChI is InChI=1S/C16H28N4O2/c1-12(2)9-18-16(21)19-6-5-14(11-19)15-17-10-13(3)20(15)7-8-22-4/h10,12,14H,5-9,11H2,1-4H3,(H,18,21). The van der Waals surface area contributed by atoms with E-state index in [1.165, 1.54) is 0 Å². The van der Waals surface area contributed by atoms with E-state index in [-0.39, 0.29) is 6.03 Å². The number of urea groups is 1. The second-order valence-electron chi connectivity index (χ2n) is 6.41. The van der Waals surface area contributed by atoms with Crippen molar-refractivity contribution in [2.45, 2.75) is 39.7 Å². The van der Waals surface area contributed by atoms with Crippen LogP contribution in [0.3, 0.4) is 0 Å². The molecule has 2 heterocycles. The van der Waals surface area contributed by atoms with Gasteiger partial charge in [-0.25, -0.2) is 9.78 Å². The minimum atomic E-state index is 0.0444. The first kappa shape index (κ1) is 16.8. The Morgan fingerprint density at radius 1 is 1.55 bits per heavy atom. The first-order valence-electron chi connectivity index (χ1n) is 8.06. The molecule has 0 aromatic carbocycles. The monoisotopic (exact) mass is 308 g/mol. The summed E-state index contributed by atoms with van der Waals surface area (Å²) in [6, 6.07) is 0.0444. The number of aromatic nitrogens is 2. The Kier molecular flexibility index (Phi) is 5.83. The molecule has 1 saturated heterocycles. The Labute approximate surface area is 132 Å². The van der Waals surface area contributed by atoms with Gasteiger partial charge in [-0.05, 0) is 19.3 Å². The van der Waals surface area contributed by atoms with Crippen molar-refractivity contribution in [3.8, 4) is 0 Å². The Bertz CT molecular complexity index is 498. The van der Waals surface area contributed by atoms with Crippen LogP contribution in [-0.2, 0) is 11.3 Å². The van der Waals surface area contributed by atoms with Gasteiger partial charge in [0.05, 0.1) is 6.61 Å². The van der Waals surface area contributed by atoms with Gasteiger partial charge in [-0.2, -0.15) is 0 Å². The number of amides is 2. The Morgan fingerprint density at radius 2 is 2.32 bits per heavy atom. The number of hydrogen-bond donors (Lipinski definition) is 1. The van der Waals surface area contributed by atoms with Crippen LogP contribution in [0.5, 0.6) is 0 Å². The maximum absolute atomic E-state index is 12.2. The van der Waals surface area contributed by atoms with Gasteiger partial charge in [0, 0.05) is 51.1 Å². The fourth-order valence-electron chi connectivity index (χ4n) is 2.84. The molecular formula is C16H28N4O2. The van der Waals surface area contributed by atoms with E-state index in [0.717, 1.165) is 44.1 Å². The number of nitrogens with one attached hydrogen (secondary N) is 1. The van der Waals surface area contributed by atoms with Crippen LogP contribution < -0.4 is 5.32 Å². The molecule has 2 amide bonds. The van der Waals surface area contributed by atoms with E-state index >= 15 is 0 Å². The zero-order chi connectivity index (χ0) is 16.1. The van der Waals surface area contributed by atoms with Crippen molar-refractivity contribution in [2.75, 3.05) is 33.4 Å². The van der Waals surface area contributed by atoms with Crippen molar-refractivity contribution in [2.24, 2.45) is 5.92 Å². The van der Waals surface area contributed by atoms with Gasteiger partial charge in [-0.1, -0.05) is 13.8 Å². The summed E-state index contributed by atoms with van der Waals surface area (Å²) in [4.78, 5) is 18.6. The number of nitrogens with zero attached hydrogens (tertiary/aromatic N) is 3. The first-order valence-corrected chi connectivity index (χ1v) is 8.06. The van der Waals surface area contributed by atoms with E-state index in [0.29, 0.717) is 18.4 Å². The van der Waals surface area contributed by atoms with Gasteiger partial charge in [-0.3, -0.25) is 0 Å². The second kappa shape index (κ2) is 7.63. The minimum absolute atomic E-state index is 0.0444. The van der Waals surface area contributed by atoms with Crippen molar-refractivity contribution < 1.29 is 9.53 Å². The van der Waals surface area contributed by atoms with Crippen LogP contribution in [0.1, 0.15) is 37.7 Å². The molecule has 0 radical (unpaired) electrons. The predicted octanol–water partition coefficient (Wildman–Crippen LogP) is 1.99. The fraction of sp³-hybridized carbons (Fsp3) is 0.750. The lowest BCUT2D eigenvalue weighted by atomic mass is 10.1. The lowest BCUT2D eigenvalue weighted by Gasteiger charge is -2.19. The number of carbonyl (C=O) groups excluding carboxylic acids is 1. The molecule has 1 atom stereocenters. The molecule has 6 heteroatoms. The molecule has 1 N–H and O–H groups in total. The molecule has 6 nitrogen and oxygen atoms in total. The molecule has 0 saturated carbocycles. The molecule has 0 aliphatic carbocycles. The molecule has 22 heavy (non-hydrogen) atoms. The van der Waals surface area contributed by atoms with Gasteiger partial charge < -0.3 is 19.5 Å². The van der Waals surface area contributed by atoms with Crippen LogP contribution >= 0.6 is 0 Å². The summed E-state index contributed by atoms with van der Waals surface area (Å²) in [5.74, 6) is 1.86. The highest BCUT2D eigenvalue weighted by atomic mass is 16.5. The van der Waals surface area contributed by atoms with Crippen molar-refractivity contribution in [3.63, 3.8) is 0 Å². The molecule has 1 fully saturated rings. The lowest BCUT2D eigenvalue weighted by molar-refractivity contribution is 0.185. The first-order chi connectivity index (χ1) is 10.5. The third-order valence-electron chi connectivity index (χ3n) is 4.11. The van der Waals surface area contributed by atoms with Crippen molar-refractivity contribution in [1.29, 1.82) is 0 Å². The largest absolute Gasteiger partial charge is 0.383 e. The number of carbonyl (C=O) groups is 1. The summed E-state index contributed by atoms with van der Waals surface area (Å²) < 4.78 is 7.39. The number of aryl methyl sites for hydroxylation is 1. The van der Waals surface area contributed by atoms with Gasteiger partial charge in [0.25, 0.3) is 0 Å². The van der Waals surface area contributed by atoms with Crippen molar-refractivity contribution >= 4 is 6.03 Å². The quantitative estimate of drug-likeness (QED) is 0.874. The van der Waals surface area contributed by atoms with Crippen molar-refractivity contribution in [1.82, 2.24) is 19.8 Å². The Morgan fingerprint density at radius 3 is 3.00 bits per heavy atom. The van der Waals surface area contributed by atoms with E-state index in [2.05, 4.69) is 35.6 Å². The minimum Gasteiger partial charge on any atom is -0.383 e. The Balaban J connectivity index is 1.97. The topological polar surface area (TPSA) is 59.4 Å². The van der Waals surface area contributed by atoms with Crippen LogP contribution in [0.15, 0.2) is 6.20 Å². The van der Waals surface area contributed by atoms with E-state index in [9.17, 15) is 4.79 Å². The molecule has 1 aromatic heterocycles. The van der Waals surface area contributed by atoms with Gasteiger partial charge in [-0.15, -0.1) is 0 Å². The molecule has 1 aromatic rings. The smallest absolute Gasteiger partial charge is 0.317 e. The molecule has 1 aliphatic rings. The molecule has 124 valence electrons. The highest BCUT2D eigenvalue weighted by Crippen LogP contribution is 2.27. The summed E-state index contributed by atoms with van der Waals surface area (Å²) in [5, 5.41) is 2.99. The van der Waals surface area contributed by atoms with Crippen LogP contribution in [0, 0.1) is 12.8 Å². The number of rotatable bonds is 6. The maximum atomic E-state index is 12.2. The van der Waals surface area contributed by atoms with E-state index in [1.54, 1.807) is 7.11 Å². The third-order valence-corrected chi connectivity index (χ3v) is 4.11. The van der Waals surface area contributed by atoms with E-state index < -0.39 is 0 Å². The molecule has 2 rings (SSSR count). The summed E-state index contributed by atoms with van der Waals surface area (Å²) >= 11 is 0. The molecule has 1 unspecified atom stereocenters. The number of hydrogen-bond acceptors (Lipinski definition) is 3. The average molecular weight is 308 g/mol. The predicted molar refractivity (Wildman–Crippen MR) is 86.0 cm³/mol. The van der Waals surface area contributed by atoms with Gasteiger partial charge in [0.1, 0.15) is 5.82 Å². The highest BCUT2D eigenvalue weighted by molar-refractivity contribution is 5.74.